The molecular weight excluding hydrogens is 193 g/mol. The molecule has 15 heavy (non-hydrogen) atoms. The summed E-state index contributed by atoms with van der Waals surface area (Å²) in [6.45, 7) is 3.45. The van der Waals surface area contributed by atoms with Crippen molar-refractivity contribution in [1.29, 1.82) is 0 Å². The van der Waals surface area contributed by atoms with Crippen molar-refractivity contribution in [2.45, 2.75) is 25.8 Å². The highest BCUT2D eigenvalue weighted by atomic mass is 19.1. The van der Waals surface area contributed by atoms with Gasteiger partial charge in [0, 0.05) is 19.3 Å². The van der Waals surface area contributed by atoms with Gasteiger partial charge in [0.05, 0.1) is 0 Å². The smallest absolute Gasteiger partial charge is 0.123 e. The van der Waals surface area contributed by atoms with Gasteiger partial charge in [0.15, 0.2) is 0 Å². The van der Waals surface area contributed by atoms with Gasteiger partial charge in [-0.25, -0.2) is 4.39 Å². The molecule has 1 rings (SSSR count). The molecule has 0 fully saturated rings. The first kappa shape index (κ1) is 12.1. The minimum atomic E-state index is -0.238. The molecule has 0 amide bonds. The van der Waals surface area contributed by atoms with E-state index in [0.29, 0.717) is 6.61 Å². The predicted octanol–water partition coefficient (Wildman–Crippen LogP) is 2.64. The van der Waals surface area contributed by atoms with Crippen molar-refractivity contribution < 1.29 is 9.13 Å². The highest BCUT2D eigenvalue weighted by Gasteiger charge is 2.06. The lowest BCUT2D eigenvalue weighted by molar-refractivity contribution is 0.128. The zero-order chi connectivity index (χ0) is 11.1. The fraction of sp³-hybridized carbons (Fsp3) is 0.500. The van der Waals surface area contributed by atoms with E-state index in [2.05, 4.69) is 6.92 Å². The molecule has 0 radical (unpaired) electrons. The van der Waals surface area contributed by atoms with E-state index >= 15 is 0 Å². The molecule has 1 unspecified atom stereocenters. The highest BCUT2D eigenvalue weighted by Crippen LogP contribution is 2.14. The first-order valence-corrected chi connectivity index (χ1v) is 5.33. The molecule has 2 N–H and O–H groups in total. The summed E-state index contributed by atoms with van der Waals surface area (Å²) in [5.41, 5.74) is 6.73. The summed E-state index contributed by atoms with van der Waals surface area (Å²) in [5, 5.41) is 0. The Balaban J connectivity index is 2.36. The van der Waals surface area contributed by atoms with Crippen LogP contribution in [0.3, 0.4) is 0 Å². The Morgan fingerprint density at radius 3 is 2.87 bits per heavy atom. The second kappa shape index (κ2) is 6.53. The van der Waals surface area contributed by atoms with Crippen molar-refractivity contribution in [2.75, 3.05) is 13.2 Å². The van der Waals surface area contributed by atoms with Gasteiger partial charge in [-0.2, -0.15) is 0 Å². The zero-order valence-corrected chi connectivity index (χ0v) is 9.08. The van der Waals surface area contributed by atoms with Gasteiger partial charge in [0.2, 0.25) is 0 Å². The largest absolute Gasteiger partial charge is 0.381 e. The number of nitrogens with two attached hydrogens (primary N) is 1. The van der Waals surface area contributed by atoms with Gasteiger partial charge in [-0.05, 0) is 30.5 Å². The van der Waals surface area contributed by atoms with Gasteiger partial charge >= 0.3 is 0 Å². The first-order chi connectivity index (χ1) is 7.24. The van der Waals surface area contributed by atoms with E-state index in [1.165, 1.54) is 12.1 Å². The molecule has 84 valence electrons. The molecule has 0 aromatic heterocycles. The van der Waals surface area contributed by atoms with Crippen LogP contribution in [0.2, 0.25) is 0 Å². The first-order valence-electron chi connectivity index (χ1n) is 5.33. The van der Waals surface area contributed by atoms with Gasteiger partial charge in [0.1, 0.15) is 5.82 Å². The van der Waals surface area contributed by atoms with Crippen molar-refractivity contribution in [2.24, 2.45) is 5.73 Å². The molecule has 0 saturated heterocycles. The Kier molecular flexibility index (Phi) is 5.29. The molecule has 0 saturated carbocycles. The van der Waals surface area contributed by atoms with Gasteiger partial charge in [-0.15, -0.1) is 0 Å². The van der Waals surface area contributed by atoms with Gasteiger partial charge in [-0.3, -0.25) is 0 Å². The monoisotopic (exact) mass is 211 g/mol. The van der Waals surface area contributed by atoms with E-state index in [1.807, 2.05) is 6.07 Å². The van der Waals surface area contributed by atoms with Gasteiger partial charge in [-0.1, -0.05) is 19.1 Å². The van der Waals surface area contributed by atoms with Crippen LogP contribution in [0.4, 0.5) is 4.39 Å². The SMILES string of the molecule is CCCOCCC(N)c1cccc(F)c1. The zero-order valence-electron chi connectivity index (χ0n) is 9.08. The maximum absolute atomic E-state index is 12.9. The summed E-state index contributed by atoms with van der Waals surface area (Å²) in [5.74, 6) is -0.238. The topological polar surface area (TPSA) is 35.2 Å². The number of ether oxygens (including phenoxy) is 1. The summed E-state index contributed by atoms with van der Waals surface area (Å²) in [4.78, 5) is 0. The lowest BCUT2D eigenvalue weighted by Crippen LogP contribution is -2.13. The number of hydrogen-bond acceptors (Lipinski definition) is 2. The Morgan fingerprint density at radius 2 is 2.20 bits per heavy atom. The predicted molar refractivity (Wildman–Crippen MR) is 59.1 cm³/mol. The normalized spacial score (nSPS) is 12.7. The van der Waals surface area contributed by atoms with Gasteiger partial charge in [0.25, 0.3) is 0 Å². The third kappa shape index (κ3) is 4.40. The standard InChI is InChI=1S/C12H18FNO/c1-2-7-15-8-6-12(14)10-4-3-5-11(13)9-10/h3-5,9,12H,2,6-8,14H2,1H3. The highest BCUT2D eigenvalue weighted by molar-refractivity contribution is 5.19. The lowest BCUT2D eigenvalue weighted by atomic mass is 10.1. The van der Waals surface area contributed by atoms with Crippen LogP contribution in [0, 0.1) is 5.82 Å². The molecule has 1 aromatic carbocycles. The molecule has 0 spiro atoms. The molecule has 0 heterocycles. The minimum absolute atomic E-state index is 0.141. The number of halogens is 1. The second-order valence-electron chi connectivity index (χ2n) is 3.56. The number of hydrogen-bond donors (Lipinski definition) is 1. The van der Waals surface area contributed by atoms with E-state index in [9.17, 15) is 4.39 Å². The van der Waals surface area contributed by atoms with Crippen molar-refractivity contribution in [3.8, 4) is 0 Å². The Hall–Kier alpha value is -0.930. The molecular formula is C12H18FNO. The Labute approximate surface area is 90.2 Å². The molecule has 1 aromatic rings. The maximum atomic E-state index is 12.9. The van der Waals surface area contributed by atoms with Crippen molar-refractivity contribution in [3.05, 3.63) is 35.6 Å². The molecule has 1 atom stereocenters. The molecule has 3 heteroatoms. The van der Waals surface area contributed by atoms with E-state index in [-0.39, 0.29) is 11.9 Å². The minimum Gasteiger partial charge on any atom is -0.381 e. The Bertz CT molecular complexity index is 291. The van der Waals surface area contributed by atoms with Crippen LogP contribution in [0.15, 0.2) is 24.3 Å². The molecule has 0 aliphatic heterocycles. The molecule has 0 bridgehead atoms. The van der Waals surface area contributed by atoms with Crippen LogP contribution in [0.25, 0.3) is 0 Å². The third-order valence-electron chi connectivity index (χ3n) is 2.20. The number of rotatable bonds is 6. The summed E-state index contributed by atoms with van der Waals surface area (Å²) in [6, 6.07) is 6.27. The summed E-state index contributed by atoms with van der Waals surface area (Å²) >= 11 is 0. The van der Waals surface area contributed by atoms with Crippen LogP contribution in [0.1, 0.15) is 31.4 Å². The van der Waals surface area contributed by atoms with Crippen LogP contribution in [-0.4, -0.2) is 13.2 Å². The molecule has 2 nitrogen and oxygen atoms in total. The average molecular weight is 211 g/mol. The molecule has 0 aliphatic rings. The summed E-state index contributed by atoms with van der Waals surface area (Å²) in [6.07, 6.45) is 1.73. The van der Waals surface area contributed by atoms with E-state index in [0.717, 1.165) is 25.0 Å². The van der Waals surface area contributed by atoms with Crippen LogP contribution in [-0.2, 0) is 4.74 Å². The van der Waals surface area contributed by atoms with E-state index in [1.54, 1.807) is 6.07 Å². The summed E-state index contributed by atoms with van der Waals surface area (Å²) < 4.78 is 18.2. The van der Waals surface area contributed by atoms with E-state index in [4.69, 9.17) is 10.5 Å². The lowest BCUT2D eigenvalue weighted by Gasteiger charge is -2.11. The van der Waals surface area contributed by atoms with Crippen LogP contribution in [0.5, 0.6) is 0 Å². The third-order valence-corrected chi connectivity index (χ3v) is 2.20. The fourth-order valence-electron chi connectivity index (χ4n) is 1.36. The van der Waals surface area contributed by atoms with Crippen molar-refractivity contribution in [3.63, 3.8) is 0 Å². The van der Waals surface area contributed by atoms with Gasteiger partial charge < -0.3 is 10.5 Å². The fourth-order valence-corrected chi connectivity index (χ4v) is 1.36. The van der Waals surface area contributed by atoms with Crippen molar-refractivity contribution in [1.82, 2.24) is 0 Å². The van der Waals surface area contributed by atoms with Crippen molar-refractivity contribution >= 4 is 0 Å². The average Bonchev–Trinajstić information content (AvgIpc) is 2.24. The Morgan fingerprint density at radius 1 is 1.40 bits per heavy atom. The van der Waals surface area contributed by atoms with Crippen LogP contribution < -0.4 is 5.73 Å². The molecule has 0 aliphatic carbocycles. The maximum Gasteiger partial charge on any atom is 0.123 e. The quantitative estimate of drug-likeness (QED) is 0.734. The second-order valence-corrected chi connectivity index (χ2v) is 3.56. The summed E-state index contributed by atoms with van der Waals surface area (Å²) in [7, 11) is 0. The van der Waals surface area contributed by atoms with E-state index < -0.39 is 0 Å². The van der Waals surface area contributed by atoms with Crippen LogP contribution >= 0.6 is 0 Å². The number of benzene rings is 1.